The molecule has 0 saturated carbocycles. The molecular weight excluding hydrogens is 441 g/mol. The van der Waals surface area contributed by atoms with Gasteiger partial charge in [-0.15, -0.1) is 0 Å². The number of ether oxygens (including phenoxy) is 2. The Kier molecular flexibility index (Phi) is 9.09. The molecule has 2 aromatic rings. The predicted octanol–water partition coefficient (Wildman–Crippen LogP) is 5.54. The van der Waals surface area contributed by atoms with Crippen LogP contribution in [0.2, 0.25) is 10.0 Å². The van der Waals surface area contributed by atoms with Crippen molar-refractivity contribution in [3.63, 3.8) is 0 Å². The van der Waals surface area contributed by atoms with Crippen molar-refractivity contribution in [1.29, 1.82) is 0 Å². The molecule has 0 aliphatic carbocycles. The number of carboxylic acid groups (broad SMARTS) is 1. The van der Waals surface area contributed by atoms with Crippen molar-refractivity contribution in [2.45, 2.75) is 26.3 Å². The lowest BCUT2D eigenvalue weighted by molar-refractivity contribution is -0.139. The van der Waals surface area contributed by atoms with E-state index in [0.29, 0.717) is 17.0 Å². The van der Waals surface area contributed by atoms with Gasteiger partial charge < -0.3 is 14.6 Å². The first-order chi connectivity index (χ1) is 14.7. The number of carboxylic acids is 1. The van der Waals surface area contributed by atoms with E-state index in [4.69, 9.17) is 32.7 Å². The summed E-state index contributed by atoms with van der Waals surface area (Å²) in [7, 11) is 1.41. The van der Waals surface area contributed by atoms with Gasteiger partial charge in [0.1, 0.15) is 6.04 Å². The smallest absolute Gasteiger partial charge is 0.336 e. The highest BCUT2D eigenvalue weighted by Gasteiger charge is 2.22. The second kappa shape index (κ2) is 11.5. The third kappa shape index (κ3) is 7.12. The molecule has 2 rings (SSSR count). The molecule has 0 aliphatic rings. The number of carbonyl (C=O) groups excluding carboxylic acids is 1. The number of halogens is 2. The first kappa shape index (κ1) is 24.4. The fourth-order valence-electron chi connectivity index (χ4n) is 2.67. The van der Waals surface area contributed by atoms with E-state index < -0.39 is 18.0 Å². The van der Waals surface area contributed by atoms with Crippen molar-refractivity contribution in [2.24, 2.45) is 10.9 Å². The van der Waals surface area contributed by atoms with Gasteiger partial charge in [-0.2, -0.15) is 0 Å². The minimum Gasteiger partial charge on any atom is -0.493 e. The number of aliphatic imine (C=N–C) groups is 1. The number of hydrogen-bond acceptors (Lipinski definition) is 5. The molecule has 31 heavy (non-hydrogen) atoms. The number of benzene rings is 2. The molecule has 1 N–H and O–H groups in total. The zero-order chi connectivity index (χ0) is 23.0. The number of esters is 1. The van der Waals surface area contributed by atoms with Crippen molar-refractivity contribution in [3.8, 4) is 11.5 Å². The molecule has 164 valence electrons. The normalized spacial score (nSPS) is 13.3. The number of nitrogens with zero attached hydrogens (tertiary/aromatic N) is 1. The van der Waals surface area contributed by atoms with Crippen LogP contribution in [0.1, 0.15) is 31.4 Å². The first-order valence-corrected chi connectivity index (χ1v) is 10.3. The summed E-state index contributed by atoms with van der Waals surface area (Å²) >= 11 is 12.2. The van der Waals surface area contributed by atoms with Crippen molar-refractivity contribution >= 4 is 47.4 Å². The van der Waals surface area contributed by atoms with Crippen LogP contribution in [-0.2, 0) is 9.59 Å². The van der Waals surface area contributed by atoms with Crippen LogP contribution in [-0.4, -0.2) is 36.4 Å². The van der Waals surface area contributed by atoms with Crippen LogP contribution in [0, 0.1) is 5.92 Å². The molecule has 0 fully saturated rings. The number of hydrogen-bond donors (Lipinski definition) is 1. The van der Waals surface area contributed by atoms with Crippen molar-refractivity contribution in [2.75, 3.05) is 7.11 Å². The Labute approximate surface area is 191 Å². The molecule has 0 bridgehead atoms. The maximum Gasteiger partial charge on any atom is 0.336 e. The number of aliphatic carboxylic acids is 1. The van der Waals surface area contributed by atoms with Gasteiger partial charge in [-0.1, -0.05) is 55.6 Å². The van der Waals surface area contributed by atoms with Gasteiger partial charge >= 0.3 is 11.9 Å². The van der Waals surface area contributed by atoms with E-state index in [1.54, 1.807) is 36.4 Å². The molecule has 8 heteroatoms. The summed E-state index contributed by atoms with van der Waals surface area (Å²) in [4.78, 5) is 27.8. The monoisotopic (exact) mass is 463 g/mol. The predicted molar refractivity (Wildman–Crippen MR) is 123 cm³/mol. The highest BCUT2D eigenvalue weighted by Crippen LogP contribution is 2.36. The van der Waals surface area contributed by atoms with E-state index in [2.05, 4.69) is 4.99 Å². The minimum absolute atomic E-state index is 0.0544. The Morgan fingerprint density at radius 1 is 1.19 bits per heavy atom. The highest BCUT2D eigenvalue weighted by molar-refractivity contribution is 6.32. The lowest BCUT2D eigenvalue weighted by Crippen LogP contribution is -2.25. The fraction of sp³-hybridized carbons (Fsp3) is 0.261. The van der Waals surface area contributed by atoms with Gasteiger partial charge in [-0.05, 0) is 47.4 Å². The molecule has 0 spiro atoms. The van der Waals surface area contributed by atoms with Crippen LogP contribution in [0.15, 0.2) is 47.5 Å². The van der Waals surface area contributed by atoms with Gasteiger partial charge in [-0.25, -0.2) is 9.59 Å². The summed E-state index contributed by atoms with van der Waals surface area (Å²) in [5.41, 5.74) is 1.26. The SMILES string of the molecule is CCC(C)C(N=Cc1cc(Cl)c(OC(=O)/C=C/c2cccc(Cl)c2)c(OC)c1)C(=O)O. The minimum atomic E-state index is -0.999. The summed E-state index contributed by atoms with van der Waals surface area (Å²) in [6.07, 6.45) is 4.91. The average molecular weight is 464 g/mol. The molecule has 2 aromatic carbocycles. The molecule has 0 aliphatic heterocycles. The number of carbonyl (C=O) groups is 2. The Hall–Kier alpha value is -2.83. The van der Waals surface area contributed by atoms with E-state index in [1.807, 2.05) is 13.8 Å². The second-order valence-electron chi connectivity index (χ2n) is 6.79. The quantitative estimate of drug-likeness (QED) is 0.228. The van der Waals surface area contributed by atoms with Crippen molar-refractivity contribution in [3.05, 3.63) is 63.6 Å². The standard InChI is InChI=1S/C23H23Cl2NO5/c1-4-14(2)21(23(28)29)26-13-16-11-18(25)22(19(12-16)30-3)31-20(27)9-8-15-6-5-7-17(24)10-15/h5-14,21H,4H2,1-3H3,(H,28,29)/b9-8+,26-13?. The van der Waals surface area contributed by atoms with Gasteiger partial charge in [-0.3, -0.25) is 4.99 Å². The lowest BCUT2D eigenvalue weighted by Gasteiger charge is -2.14. The van der Waals surface area contributed by atoms with Gasteiger partial charge in [0.05, 0.1) is 12.1 Å². The van der Waals surface area contributed by atoms with E-state index in [9.17, 15) is 14.7 Å². The molecule has 0 heterocycles. The molecule has 6 nitrogen and oxygen atoms in total. The van der Waals surface area contributed by atoms with Gasteiger partial charge in [0.2, 0.25) is 0 Å². The summed E-state index contributed by atoms with van der Waals surface area (Å²) in [6.45, 7) is 3.73. The second-order valence-corrected chi connectivity index (χ2v) is 7.63. The zero-order valence-corrected chi connectivity index (χ0v) is 18.9. The number of methoxy groups -OCH3 is 1. The van der Waals surface area contributed by atoms with Gasteiger partial charge in [0.15, 0.2) is 11.5 Å². The Morgan fingerprint density at radius 2 is 1.94 bits per heavy atom. The topological polar surface area (TPSA) is 85.2 Å². The van der Waals surface area contributed by atoms with E-state index in [0.717, 1.165) is 5.56 Å². The Bertz CT molecular complexity index is 1000. The summed E-state index contributed by atoms with van der Waals surface area (Å²) < 4.78 is 10.6. The van der Waals surface area contributed by atoms with Crippen molar-refractivity contribution in [1.82, 2.24) is 0 Å². The largest absolute Gasteiger partial charge is 0.493 e. The first-order valence-electron chi connectivity index (χ1n) is 9.54. The summed E-state index contributed by atoms with van der Waals surface area (Å²) in [6, 6.07) is 9.21. The Morgan fingerprint density at radius 3 is 2.55 bits per heavy atom. The zero-order valence-electron chi connectivity index (χ0n) is 17.3. The summed E-state index contributed by atoms with van der Waals surface area (Å²) in [5, 5.41) is 10.0. The molecule has 2 unspecified atom stereocenters. The third-order valence-corrected chi connectivity index (χ3v) is 5.05. The lowest BCUT2D eigenvalue weighted by atomic mass is 10.00. The van der Waals surface area contributed by atoms with Crippen LogP contribution in [0.25, 0.3) is 6.08 Å². The van der Waals surface area contributed by atoms with Crippen molar-refractivity contribution < 1.29 is 24.2 Å². The average Bonchev–Trinajstić information content (AvgIpc) is 2.73. The van der Waals surface area contributed by atoms with Crippen LogP contribution >= 0.6 is 23.2 Å². The van der Waals surface area contributed by atoms with E-state index >= 15 is 0 Å². The van der Waals surface area contributed by atoms with E-state index in [-0.39, 0.29) is 22.4 Å². The number of rotatable bonds is 9. The Balaban J connectivity index is 2.21. The molecule has 2 atom stereocenters. The maximum absolute atomic E-state index is 12.2. The van der Waals surface area contributed by atoms with Crippen LogP contribution in [0.4, 0.5) is 0 Å². The third-order valence-electron chi connectivity index (χ3n) is 4.54. The fourth-order valence-corrected chi connectivity index (χ4v) is 3.12. The van der Waals surface area contributed by atoms with Gasteiger partial charge in [0.25, 0.3) is 0 Å². The highest BCUT2D eigenvalue weighted by atomic mass is 35.5. The molecule has 0 radical (unpaired) electrons. The summed E-state index contributed by atoms with van der Waals surface area (Å²) in [5.74, 6) is -1.50. The molecule has 0 amide bonds. The van der Waals surface area contributed by atoms with Crippen LogP contribution < -0.4 is 9.47 Å². The molecule has 0 aromatic heterocycles. The molecule has 0 saturated heterocycles. The van der Waals surface area contributed by atoms with Gasteiger partial charge in [0, 0.05) is 17.3 Å². The molecular formula is C23H23Cl2NO5. The van der Waals surface area contributed by atoms with Crippen LogP contribution in [0.5, 0.6) is 11.5 Å². The van der Waals surface area contributed by atoms with Crippen LogP contribution in [0.3, 0.4) is 0 Å². The van der Waals surface area contributed by atoms with E-state index in [1.165, 1.54) is 25.5 Å². The maximum atomic E-state index is 12.2.